The first kappa shape index (κ1) is 22.0. The first-order valence-corrected chi connectivity index (χ1v) is 10.2. The Hall–Kier alpha value is -3.27. The Morgan fingerprint density at radius 3 is 2.38 bits per heavy atom. The van der Waals surface area contributed by atoms with E-state index in [0.29, 0.717) is 6.54 Å². The van der Waals surface area contributed by atoms with E-state index < -0.39 is 27.8 Å². The Morgan fingerprint density at radius 1 is 1.07 bits per heavy atom. The average molecular weight is 419 g/mol. The van der Waals surface area contributed by atoms with Gasteiger partial charge in [-0.2, -0.15) is 0 Å². The lowest BCUT2D eigenvalue weighted by atomic mass is 10.2. The number of amides is 2. The zero-order valence-corrected chi connectivity index (χ0v) is 16.9. The molecule has 0 aliphatic rings. The van der Waals surface area contributed by atoms with Gasteiger partial charge in [-0.3, -0.25) is 9.59 Å². The molecule has 10 heteroatoms. The number of nitrogens with zero attached hydrogens (tertiary/aromatic N) is 1. The van der Waals surface area contributed by atoms with Crippen LogP contribution in [0.1, 0.15) is 52.0 Å². The molecule has 0 saturated heterocycles. The van der Waals surface area contributed by atoms with E-state index in [1.165, 1.54) is 36.4 Å². The minimum absolute atomic E-state index is 0.00672. The molecule has 2 amide bonds. The predicted octanol–water partition coefficient (Wildman–Crippen LogP) is 1.52. The molecule has 0 bridgehead atoms. The van der Waals surface area contributed by atoms with E-state index in [9.17, 15) is 22.8 Å². The van der Waals surface area contributed by atoms with Crippen LogP contribution in [0.2, 0.25) is 0 Å². The number of rotatable bonds is 7. The summed E-state index contributed by atoms with van der Waals surface area (Å²) in [6, 6.07) is 7.83. The van der Waals surface area contributed by atoms with Gasteiger partial charge in [-0.1, -0.05) is 6.07 Å². The summed E-state index contributed by atoms with van der Waals surface area (Å²) in [5.74, 6) is -2.00. The first-order chi connectivity index (χ1) is 13.6. The van der Waals surface area contributed by atoms with Crippen molar-refractivity contribution in [1.82, 2.24) is 15.0 Å². The first-order valence-electron chi connectivity index (χ1n) is 8.76. The molecule has 2 rings (SSSR count). The number of pyridine rings is 1. The second-order valence-corrected chi connectivity index (χ2v) is 7.89. The highest BCUT2D eigenvalue weighted by molar-refractivity contribution is 7.90. The summed E-state index contributed by atoms with van der Waals surface area (Å²) in [5.41, 5.74) is 0.0826. The molecule has 154 valence electrons. The highest BCUT2D eigenvalue weighted by atomic mass is 32.2. The summed E-state index contributed by atoms with van der Waals surface area (Å²) in [4.78, 5) is 39.5. The van der Waals surface area contributed by atoms with Crippen molar-refractivity contribution in [3.63, 3.8) is 0 Å². The fourth-order valence-electron chi connectivity index (χ4n) is 2.23. The van der Waals surface area contributed by atoms with Crippen molar-refractivity contribution in [3.8, 4) is 0 Å². The lowest BCUT2D eigenvalue weighted by molar-refractivity contribution is 0.0370. The molecule has 29 heavy (non-hydrogen) atoms. The summed E-state index contributed by atoms with van der Waals surface area (Å²) in [7, 11) is -4.22. The van der Waals surface area contributed by atoms with Crippen LogP contribution in [0.15, 0.2) is 47.5 Å². The number of benzene rings is 1. The molecule has 0 atom stereocenters. The van der Waals surface area contributed by atoms with Gasteiger partial charge in [0.25, 0.3) is 21.8 Å². The summed E-state index contributed by atoms with van der Waals surface area (Å²) < 4.78 is 31.9. The maximum atomic E-state index is 12.5. The van der Waals surface area contributed by atoms with Crippen LogP contribution in [-0.2, 0) is 14.8 Å². The van der Waals surface area contributed by atoms with Crippen LogP contribution in [0.4, 0.5) is 0 Å². The number of sulfonamides is 1. The van der Waals surface area contributed by atoms with Crippen LogP contribution in [0.5, 0.6) is 0 Å². The summed E-state index contributed by atoms with van der Waals surface area (Å²) in [6.45, 7) is 5.50. The molecule has 0 aliphatic heterocycles. The second-order valence-electron chi connectivity index (χ2n) is 6.21. The van der Waals surface area contributed by atoms with Gasteiger partial charge in [-0.15, -0.1) is 0 Å². The van der Waals surface area contributed by atoms with E-state index >= 15 is 0 Å². The molecule has 0 radical (unpaired) electrons. The molecular weight excluding hydrogens is 398 g/mol. The number of esters is 1. The van der Waals surface area contributed by atoms with Gasteiger partial charge in [-0.25, -0.2) is 22.9 Å². The van der Waals surface area contributed by atoms with Gasteiger partial charge < -0.3 is 10.1 Å². The standard InChI is InChI=1S/C19H21N3O6S/c1-4-20-17(23)13-6-5-7-15(10-13)29(26,27)22-18(24)14-8-9-16(21-11-14)19(25)28-12(2)3/h5-12H,4H2,1-3H3,(H,20,23)(H,22,24). The largest absolute Gasteiger partial charge is 0.458 e. The summed E-state index contributed by atoms with van der Waals surface area (Å²) >= 11 is 0. The van der Waals surface area contributed by atoms with Crippen LogP contribution in [0, 0.1) is 0 Å². The molecule has 9 nitrogen and oxygen atoms in total. The number of nitrogens with one attached hydrogen (secondary N) is 2. The molecule has 0 unspecified atom stereocenters. The van der Waals surface area contributed by atoms with Crippen molar-refractivity contribution in [3.05, 3.63) is 59.4 Å². The highest BCUT2D eigenvalue weighted by Crippen LogP contribution is 2.13. The minimum atomic E-state index is -4.22. The Kier molecular flexibility index (Phi) is 7.05. The topological polar surface area (TPSA) is 132 Å². The monoisotopic (exact) mass is 419 g/mol. The fourth-order valence-corrected chi connectivity index (χ4v) is 3.25. The van der Waals surface area contributed by atoms with Crippen LogP contribution >= 0.6 is 0 Å². The number of carbonyl (C=O) groups is 3. The van der Waals surface area contributed by atoms with Gasteiger partial charge in [-0.05, 0) is 51.1 Å². The van der Waals surface area contributed by atoms with Crippen LogP contribution < -0.4 is 10.0 Å². The van der Waals surface area contributed by atoms with Gasteiger partial charge in [0.2, 0.25) is 0 Å². The molecule has 2 N–H and O–H groups in total. The molecule has 0 fully saturated rings. The number of aromatic nitrogens is 1. The second kappa shape index (κ2) is 9.28. The minimum Gasteiger partial charge on any atom is -0.458 e. The maximum absolute atomic E-state index is 12.5. The van der Waals surface area contributed by atoms with Crippen molar-refractivity contribution in [1.29, 1.82) is 0 Å². The predicted molar refractivity (Wildman–Crippen MR) is 104 cm³/mol. The summed E-state index contributed by atoms with van der Waals surface area (Å²) in [5, 5.41) is 2.57. The zero-order valence-electron chi connectivity index (χ0n) is 16.1. The van der Waals surface area contributed by atoms with Gasteiger partial charge >= 0.3 is 5.97 Å². The zero-order chi connectivity index (χ0) is 21.6. The van der Waals surface area contributed by atoms with E-state index in [1.54, 1.807) is 20.8 Å². The normalized spacial score (nSPS) is 11.0. The third-order valence-electron chi connectivity index (χ3n) is 3.55. The fraction of sp³-hybridized carbons (Fsp3) is 0.263. The molecule has 2 aromatic rings. The van der Waals surface area contributed by atoms with Crippen molar-refractivity contribution in [2.75, 3.05) is 6.54 Å². The number of hydrogen-bond acceptors (Lipinski definition) is 7. The third-order valence-corrected chi connectivity index (χ3v) is 4.88. The van der Waals surface area contributed by atoms with Crippen molar-refractivity contribution in [2.45, 2.75) is 31.8 Å². The highest BCUT2D eigenvalue weighted by Gasteiger charge is 2.21. The van der Waals surface area contributed by atoms with Crippen molar-refractivity contribution in [2.24, 2.45) is 0 Å². The quantitative estimate of drug-likeness (QED) is 0.650. The Balaban J connectivity index is 2.16. The Morgan fingerprint density at radius 2 is 1.79 bits per heavy atom. The van der Waals surface area contributed by atoms with E-state index in [1.807, 2.05) is 4.72 Å². The maximum Gasteiger partial charge on any atom is 0.357 e. The number of ether oxygens (including phenoxy) is 1. The SMILES string of the molecule is CCNC(=O)c1cccc(S(=O)(=O)NC(=O)c2ccc(C(=O)OC(C)C)nc2)c1. The van der Waals surface area contributed by atoms with Crippen LogP contribution in [-0.4, -0.2) is 43.8 Å². The lowest BCUT2D eigenvalue weighted by Crippen LogP contribution is -2.31. The molecule has 1 aromatic heterocycles. The number of carbonyl (C=O) groups excluding carboxylic acids is 3. The average Bonchev–Trinajstić information content (AvgIpc) is 2.67. The van der Waals surface area contributed by atoms with Crippen LogP contribution in [0.25, 0.3) is 0 Å². The van der Waals surface area contributed by atoms with E-state index in [0.717, 1.165) is 6.20 Å². The van der Waals surface area contributed by atoms with Gasteiger partial charge in [0.1, 0.15) is 5.69 Å². The van der Waals surface area contributed by atoms with Gasteiger partial charge in [0, 0.05) is 18.3 Å². The van der Waals surface area contributed by atoms with Crippen molar-refractivity contribution < 1.29 is 27.5 Å². The van der Waals surface area contributed by atoms with E-state index in [4.69, 9.17) is 4.74 Å². The van der Waals surface area contributed by atoms with Crippen molar-refractivity contribution >= 4 is 27.8 Å². The Bertz CT molecular complexity index is 1020. The molecule has 0 aliphatic carbocycles. The molecular formula is C19H21N3O6S. The molecule has 1 aromatic carbocycles. The van der Waals surface area contributed by atoms with Crippen LogP contribution in [0.3, 0.4) is 0 Å². The molecule has 0 spiro atoms. The Labute approximate surface area is 168 Å². The van der Waals surface area contributed by atoms with E-state index in [-0.39, 0.29) is 27.8 Å². The third kappa shape index (κ3) is 5.85. The smallest absolute Gasteiger partial charge is 0.357 e. The van der Waals surface area contributed by atoms with E-state index in [2.05, 4.69) is 10.3 Å². The number of hydrogen-bond donors (Lipinski definition) is 2. The molecule has 0 saturated carbocycles. The van der Waals surface area contributed by atoms with Gasteiger partial charge in [0.05, 0.1) is 16.6 Å². The summed E-state index contributed by atoms with van der Waals surface area (Å²) in [6.07, 6.45) is 0.750. The lowest BCUT2D eigenvalue weighted by Gasteiger charge is -2.09. The van der Waals surface area contributed by atoms with Gasteiger partial charge in [0.15, 0.2) is 0 Å². The molecule has 1 heterocycles.